The Kier molecular flexibility index (Phi) is 0.934. The largest absolute Gasteiger partial charge is 0.299 e. The number of carbonyl (C=O) groups is 1. The first-order chi connectivity index (χ1) is 3.57. The standard InChI is InChI=1S/C6H9FO/c1-4(8)6(2)3-5(6)7/h5H,3H2,1-2H3. The van der Waals surface area contributed by atoms with Gasteiger partial charge in [-0.2, -0.15) is 0 Å². The third kappa shape index (κ3) is 0.556. The van der Waals surface area contributed by atoms with Crippen molar-refractivity contribution in [1.29, 1.82) is 0 Å². The Balaban J connectivity index is 2.60. The highest BCUT2D eigenvalue weighted by Gasteiger charge is 2.54. The van der Waals surface area contributed by atoms with Gasteiger partial charge >= 0.3 is 0 Å². The van der Waals surface area contributed by atoms with Crippen molar-refractivity contribution in [2.75, 3.05) is 0 Å². The summed E-state index contributed by atoms with van der Waals surface area (Å²) in [6, 6.07) is 0. The fraction of sp³-hybridized carbons (Fsp3) is 0.833. The molecule has 0 aromatic carbocycles. The first-order valence-corrected chi connectivity index (χ1v) is 2.72. The fourth-order valence-electron chi connectivity index (χ4n) is 0.678. The van der Waals surface area contributed by atoms with Gasteiger partial charge in [-0.05, 0) is 20.3 Å². The predicted octanol–water partition coefficient (Wildman–Crippen LogP) is 1.32. The van der Waals surface area contributed by atoms with E-state index in [1.807, 2.05) is 0 Å². The van der Waals surface area contributed by atoms with Crippen LogP contribution in [0.15, 0.2) is 0 Å². The number of carbonyl (C=O) groups excluding carboxylic acids is 1. The zero-order valence-electron chi connectivity index (χ0n) is 5.07. The maximum absolute atomic E-state index is 12.2. The van der Waals surface area contributed by atoms with Crippen LogP contribution in [0.3, 0.4) is 0 Å². The zero-order valence-corrected chi connectivity index (χ0v) is 5.07. The number of hydrogen-bond acceptors (Lipinski definition) is 1. The minimum Gasteiger partial charge on any atom is -0.299 e. The van der Waals surface area contributed by atoms with Gasteiger partial charge in [-0.3, -0.25) is 4.79 Å². The lowest BCUT2D eigenvalue weighted by Crippen LogP contribution is -2.09. The van der Waals surface area contributed by atoms with Crippen molar-refractivity contribution < 1.29 is 9.18 Å². The van der Waals surface area contributed by atoms with E-state index in [2.05, 4.69) is 0 Å². The van der Waals surface area contributed by atoms with Gasteiger partial charge in [0.25, 0.3) is 0 Å². The molecule has 2 unspecified atom stereocenters. The van der Waals surface area contributed by atoms with Crippen molar-refractivity contribution in [3.63, 3.8) is 0 Å². The minimum absolute atomic E-state index is 0.0231. The number of ketones is 1. The Labute approximate surface area is 47.9 Å². The van der Waals surface area contributed by atoms with Crippen LogP contribution >= 0.6 is 0 Å². The molecule has 0 bridgehead atoms. The summed E-state index contributed by atoms with van der Waals surface area (Å²) in [6.07, 6.45) is -0.428. The number of halogens is 1. The Morgan fingerprint density at radius 1 is 1.88 bits per heavy atom. The van der Waals surface area contributed by atoms with Crippen molar-refractivity contribution in [1.82, 2.24) is 0 Å². The molecule has 0 N–H and O–H groups in total. The molecular formula is C6H9FO. The molecule has 0 radical (unpaired) electrons. The molecule has 1 aliphatic rings. The highest BCUT2D eigenvalue weighted by Crippen LogP contribution is 2.48. The average Bonchev–Trinajstić information content (AvgIpc) is 2.17. The molecule has 1 aliphatic carbocycles. The lowest BCUT2D eigenvalue weighted by molar-refractivity contribution is -0.122. The molecule has 1 rings (SSSR count). The van der Waals surface area contributed by atoms with Crippen LogP contribution in [-0.4, -0.2) is 12.0 Å². The van der Waals surface area contributed by atoms with Gasteiger partial charge in [0.2, 0.25) is 0 Å². The first-order valence-electron chi connectivity index (χ1n) is 2.72. The van der Waals surface area contributed by atoms with Crippen molar-refractivity contribution in [3.05, 3.63) is 0 Å². The van der Waals surface area contributed by atoms with Crippen LogP contribution in [0.4, 0.5) is 4.39 Å². The van der Waals surface area contributed by atoms with Crippen LogP contribution in [0, 0.1) is 5.41 Å². The third-order valence-corrected chi connectivity index (χ3v) is 1.94. The van der Waals surface area contributed by atoms with Crippen LogP contribution in [0.1, 0.15) is 20.3 Å². The van der Waals surface area contributed by atoms with Crippen LogP contribution in [0.5, 0.6) is 0 Å². The van der Waals surface area contributed by atoms with E-state index >= 15 is 0 Å². The second kappa shape index (κ2) is 1.30. The number of alkyl halides is 1. The van der Waals surface area contributed by atoms with Gasteiger partial charge in [0.05, 0.1) is 5.41 Å². The minimum atomic E-state index is -0.861. The molecule has 1 nitrogen and oxygen atoms in total. The third-order valence-electron chi connectivity index (χ3n) is 1.94. The Bertz CT molecular complexity index is 132. The molecule has 1 saturated carbocycles. The van der Waals surface area contributed by atoms with Crippen LogP contribution in [0.2, 0.25) is 0 Å². The van der Waals surface area contributed by atoms with Gasteiger partial charge in [0, 0.05) is 0 Å². The van der Waals surface area contributed by atoms with E-state index < -0.39 is 11.6 Å². The summed E-state index contributed by atoms with van der Waals surface area (Å²) in [5.74, 6) is -0.0231. The lowest BCUT2D eigenvalue weighted by Gasteiger charge is -1.97. The normalized spacial score (nSPS) is 44.1. The smallest absolute Gasteiger partial charge is 0.138 e. The van der Waals surface area contributed by atoms with Gasteiger partial charge in [0.15, 0.2) is 0 Å². The van der Waals surface area contributed by atoms with Crippen LogP contribution in [-0.2, 0) is 4.79 Å². The van der Waals surface area contributed by atoms with Gasteiger partial charge in [-0.25, -0.2) is 4.39 Å². The molecule has 8 heavy (non-hydrogen) atoms. The van der Waals surface area contributed by atoms with E-state index in [-0.39, 0.29) is 5.78 Å². The maximum atomic E-state index is 12.2. The van der Waals surface area contributed by atoms with Crippen molar-refractivity contribution in [3.8, 4) is 0 Å². The van der Waals surface area contributed by atoms with Gasteiger partial charge in [0.1, 0.15) is 12.0 Å². The number of rotatable bonds is 1. The fourth-order valence-corrected chi connectivity index (χ4v) is 0.678. The van der Waals surface area contributed by atoms with Crippen molar-refractivity contribution in [2.24, 2.45) is 5.41 Å². The molecule has 0 aromatic rings. The summed E-state index contributed by atoms with van der Waals surface area (Å²) in [4.78, 5) is 10.5. The Morgan fingerprint density at radius 2 is 2.25 bits per heavy atom. The van der Waals surface area contributed by atoms with Crippen LogP contribution in [0.25, 0.3) is 0 Å². The van der Waals surface area contributed by atoms with E-state index in [0.29, 0.717) is 6.42 Å². The Morgan fingerprint density at radius 3 is 2.25 bits per heavy atom. The highest BCUT2D eigenvalue weighted by atomic mass is 19.1. The van der Waals surface area contributed by atoms with E-state index in [0.717, 1.165) is 0 Å². The molecule has 2 atom stereocenters. The summed E-state index contributed by atoms with van der Waals surface area (Å²) < 4.78 is 12.2. The monoisotopic (exact) mass is 116 g/mol. The number of hydrogen-bond donors (Lipinski definition) is 0. The molecule has 0 heterocycles. The molecule has 2 heteroatoms. The SMILES string of the molecule is CC(=O)C1(C)CC1F. The molecule has 0 aliphatic heterocycles. The molecule has 1 fully saturated rings. The highest BCUT2D eigenvalue weighted by molar-refractivity contribution is 5.85. The Hall–Kier alpha value is -0.400. The molecule has 0 aromatic heterocycles. The van der Waals surface area contributed by atoms with E-state index in [1.54, 1.807) is 6.92 Å². The first kappa shape index (κ1) is 5.73. The van der Waals surface area contributed by atoms with E-state index in [1.165, 1.54) is 6.92 Å². The lowest BCUT2D eigenvalue weighted by atomic mass is 10.1. The van der Waals surface area contributed by atoms with Gasteiger partial charge in [-0.15, -0.1) is 0 Å². The van der Waals surface area contributed by atoms with Gasteiger partial charge in [-0.1, -0.05) is 0 Å². The molecule has 0 saturated heterocycles. The summed E-state index contributed by atoms with van der Waals surface area (Å²) in [5, 5.41) is 0. The summed E-state index contributed by atoms with van der Waals surface area (Å²) in [7, 11) is 0. The van der Waals surface area contributed by atoms with Gasteiger partial charge < -0.3 is 0 Å². The quantitative estimate of drug-likeness (QED) is 0.505. The maximum Gasteiger partial charge on any atom is 0.138 e. The molecule has 0 spiro atoms. The topological polar surface area (TPSA) is 17.1 Å². The van der Waals surface area contributed by atoms with Crippen molar-refractivity contribution in [2.45, 2.75) is 26.4 Å². The average molecular weight is 116 g/mol. The second-order valence-electron chi connectivity index (χ2n) is 2.65. The predicted molar refractivity (Wildman–Crippen MR) is 28.3 cm³/mol. The summed E-state index contributed by atoms with van der Waals surface area (Å²) in [6.45, 7) is 3.11. The summed E-state index contributed by atoms with van der Waals surface area (Å²) in [5.41, 5.74) is -0.597. The van der Waals surface area contributed by atoms with E-state index in [4.69, 9.17) is 0 Å². The van der Waals surface area contributed by atoms with Crippen molar-refractivity contribution >= 4 is 5.78 Å². The molecule has 46 valence electrons. The van der Waals surface area contributed by atoms with E-state index in [9.17, 15) is 9.18 Å². The summed E-state index contributed by atoms with van der Waals surface area (Å²) >= 11 is 0. The molecule has 0 amide bonds. The second-order valence-corrected chi connectivity index (χ2v) is 2.65. The molecular weight excluding hydrogens is 107 g/mol. The zero-order chi connectivity index (χ0) is 6.36. The van der Waals surface area contributed by atoms with Crippen LogP contribution < -0.4 is 0 Å². The number of Topliss-reactive ketones (excluding diaryl/α,β-unsaturated/α-hetero) is 1.